The lowest BCUT2D eigenvalue weighted by Crippen LogP contribution is -2.41. The molecule has 0 aliphatic heterocycles. The average molecular weight is 641 g/mol. The third-order valence-corrected chi connectivity index (χ3v) is 8.31. The molecule has 3 aromatic carbocycles. The highest BCUT2D eigenvalue weighted by atomic mass is 35.5. The molecule has 1 saturated carbocycles. The van der Waals surface area contributed by atoms with Gasteiger partial charge < -0.3 is 15.0 Å². The van der Waals surface area contributed by atoms with Gasteiger partial charge in [0.1, 0.15) is 12.6 Å². The maximum atomic E-state index is 12.8. The Morgan fingerprint density at radius 2 is 1.52 bits per heavy atom. The van der Waals surface area contributed by atoms with E-state index in [9.17, 15) is 9.59 Å². The molecular formula is C36H47Cl2N3O3. The van der Waals surface area contributed by atoms with Gasteiger partial charge in [0.2, 0.25) is 5.91 Å². The second-order valence-electron chi connectivity index (χ2n) is 11.0. The Morgan fingerprint density at radius 1 is 0.886 bits per heavy atom. The molecule has 0 radical (unpaired) electrons. The van der Waals surface area contributed by atoms with E-state index in [0.717, 1.165) is 71.6 Å². The number of alkyl halides is 1. The number of nitrogens with one attached hydrogen (secondary N) is 1. The molecule has 6 nitrogen and oxygen atoms in total. The van der Waals surface area contributed by atoms with Gasteiger partial charge in [-0.05, 0) is 73.1 Å². The van der Waals surface area contributed by atoms with E-state index in [-0.39, 0.29) is 24.5 Å². The standard InChI is InChI=1S/C19H21ClN2O.C17H26ClNO2/c20-16-12-10-15(11-13-16)14-22(18-8-4-5-9-18)19(23)21-17-6-2-1-3-7-17;1-4-7-11-21-13-19(16(20)12-18)17-14(5-2)9-8-10-15(17)6-3/h1-3,6-7,10-13,18H,4-5,8-9,14H2,(H,21,23);8-10H,4-7,11-13H2,1-3H3. The first-order valence-electron chi connectivity index (χ1n) is 15.8. The minimum Gasteiger partial charge on any atom is -0.361 e. The lowest BCUT2D eigenvalue weighted by atomic mass is 10.0. The summed E-state index contributed by atoms with van der Waals surface area (Å²) in [6, 6.07) is 23.8. The summed E-state index contributed by atoms with van der Waals surface area (Å²) < 4.78 is 5.66. The van der Waals surface area contributed by atoms with E-state index < -0.39 is 0 Å². The Hall–Kier alpha value is -3.06. The molecule has 0 unspecified atom stereocenters. The van der Waals surface area contributed by atoms with Crippen LogP contribution in [0.1, 0.15) is 76.0 Å². The van der Waals surface area contributed by atoms with Crippen molar-refractivity contribution in [1.82, 2.24) is 4.90 Å². The van der Waals surface area contributed by atoms with Crippen LogP contribution in [0.15, 0.2) is 72.8 Å². The summed E-state index contributed by atoms with van der Waals surface area (Å²) in [7, 11) is 0. The van der Waals surface area contributed by atoms with E-state index in [1.54, 1.807) is 4.90 Å². The molecule has 3 amide bonds. The topological polar surface area (TPSA) is 61.9 Å². The maximum absolute atomic E-state index is 12.8. The molecular weight excluding hydrogens is 593 g/mol. The number of ether oxygens (including phenoxy) is 1. The van der Waals surface area contributed by atoms with Crippen LogP contribution in [0.25, 0.3) is 0 Å². The first kappa shape index (κ1) is 35.4. The van der Waals surface area contributed by atoms with Gasteiger partial charge in [-0.3, -0.25) is 9.69 Å². The largest absolute Gasteiger partial charge is 0.361 e. The van der Waals surface area contributed by atoms with Crippen LogP contribution < -0.4 is 10.2 Å². The van der Waals surface area contributed by atoms with Gasteiger partial charge in [0, 0.05) is 29.9 Å². The molecule has 8 heteroatoms. The summed E-state index contributed by atoms with van der Waals surface area (Å²) >= 11 is 11.7. The fourth-order valence-electron chi connectivity index (χ4n) is 5.38. The highest BCUT2D eigenvalue weighted by Crippen LogP contribution is 2.28. The number of carbonyl (C=O) groups is 2. The molecule has 1 aliphatic rings. The monoisotopic (exact) mass is 639 g/mol. The van der Waals surface area contributed by atoms with Crippen molar-refractivity contribution in [3.05, 3.63) is 94.5 Å². The van der Waals surface area contributed by atoms with E-state index in [2.05, 4.69) is 38.2 Å². The van der Waals surface area contributed by atoms with Crippen molar-refractivity contribution in [3.63, 3.8) is 0 Å². The molecule has 3 aromatic rings. The molecule has 0 heterocycles. The number of hydrogen-bond acceptors (Lipinski definition) is 3. The van der Waals surface area contributed by atoms with Gasteiger partial charge in [-0.25, -0.2) is 4.79 Å². The van der Waals surface area contributed by atoms with Crippen LogP contribution >= 0.6 is 23.2 Å². The third-order valence-electron chi connectivity index (χ3n) is 7.83. The first-order valence-corrected chi connectivity index (χ1v) is 16.7. The molecule has 0 bridgehead atoms. The summed E-state index contributed by atoms with van der Waals surface area (Å²) in [5.74, 6) is -0.137. The molecule has 1 N–H and O–H groups in total. The summed E-state index contributed by atoms with van der Waals surface area (Å²) in [4.78, 5) is 28.6. The first-order chi connectivity index (χ1) is 21.4. The van der Waals surface area contributed by atoms with E-state index in [0.29, 0.717) is 19.2 Å². The second-order valence-corrected chi connectivity index (χ2v) is 11.7. The van der Waals surface area contributed by atoms with Crippen LogP contribution in [0.5, 0.6) is 0 Å². The zero-order valence-electron chi connectivity index (χ0n) is 26.4. The lowest BCUT2D eigenvalue weighted by molar-refractivity contribution is -0.117. The van der Waals surface area contributed by atoms with Crippen molar-refractivity contribution >= 4 is 46.5 Å². The quantitative estimate of drug-likeness (QED) is 0.115. The Labute approximate surface area is 273 Å². The highest BCUT2D eigenvalue weighted by Gasteiger charge is 2.27. The van der Waals surface area contributed by atoms with Crippen molar-refractivity contribution in [2.45, 2.75) is 84.7 Å². The SMILES string of the molecule is CCCCOCN(C(=O)CCl)c1c(CC)cccc1CC.O=C(Nc1ccccc1)N(Cc1ccc(Cl)cc1)C1CCCC1. The molecule has 4 rings (SSSR count). The minimum atomic E-state index is -0.108. The summed E-state index contributed by atoms with van der Waals surface area (Å²) in [5.41, 5.74) is 5.23. The molecule has 0 spiro atoms. The number of para-hydroxylation sites is 2. The predicted octanol–water partition coefficient (Wildman–Crippen LogP) is 9.47. The van der Waals surface area contributed by atoms with Crippen LogP contribution in [-0.2, 0) is 28.9 Å². The molecule has 238 valence electrons. The van der Waals surface area contributed by atoms with Crippen LogP contribution in [0, 0.1) is 0 Å². The number of unbranched alkanes of at least 4 members (excludes halogenated alkanes) is 1. The number of halogens is 2. The van der Waals surface area contributed by atoms with Crippen LogP contribution in [0.3, 0.4) is 0 Å². The van der Waals surface area contributed by atoms with Gasteiger partial charge in [-0.2, -0.15) is 0 Å². The van der Waals surface area contributed by atoms with E-state index in [1.807, 2.05) is 65.6 Å². The van der Waals surface area contributed by atoms with E-state index in [1.165, 1.54) is 12.8 Å². The zero-order valence-corrected chi connectivity index (χ0v) is 27.9. The van der Waals surface area contributed by atoms with E-state index in [4.69, 9.17) is 27.9 Å². The number of hydrogen-bond donors (Lipinski definition) is 1. The molecule has 0 saturated heterocycles. The number of amides is 3. The number of carbonyl (C=O) groups excluding carboxylic acids is 2. The molecule has 44 heavy (non-hydrogen) atoms. The fourth-order valence-corrected chi connectivity index (χ4v) is 5.65. The summed E-state index contributed by atoms with van der Waals surface area (Å²) in [5, 5.41) is 3.73. The third kappa shape index (κ3) is 10.8. The molecule has 0 aromatic heterocycles. The van der Waals surface area contributed by atoms with Gasteiger partial charge in [-0.15, -0.1) is 11.6 Å². The number of nitrogens with zero attached hydrogens (tertiary/aromatic N) is 2. The van der Waals surface area contributed by atoms with Crippen molar-refractivity contribution in [2.75, 3.05) is 29.4 Å². The summed E-state index contributed by atoms with van der Waals surface area (Å²) in [6.45, 7) is 7.86. The smallest absolute Gasteiger partial charge is 0.322 e. The Morgan fingerprint density at radius 3 is 2.09 bits per heavy atom. The summed E-state index contributed by atoms with van der Waals surface area (Å²) in [6.07, 6.45) is 8.38. The average Bonchev–Trinajstić information content (AvgIpc) is 3.59. The second kappa shape index (κ2) is 19.4. The number of benzene rings is 3. The maximum Gasteiger partial charge on any atom is 0.322 e. The molecule has 1 fully saturated rings. The van der Waals surface area contributed by atoms with Gasteiger partial charge in [-0.1, -0.05) is 100 Å². The van der Waals surface area contributed by atoms with Crippen LogP contribution in [0.2, 0.25) is 5.02 Å². The van der Waals surface area contributed by atoms with Gasteiger partial charge in [0.25, 0.3) is 0 Å². The zero-order chi connectivity index (χ0) is 31.7. The number of aryl methyl sites for hydroxylation is 2. The van der Waals surface area contributed by atoms with Crippen molar-refractivity contribution < 1.29 is 14.3 Å². The number of urea groups is 1. The Bertz CT molecular complexity index is 1260. The number of anilines is 2. The highest BCUT2D eigenvalue weighted by molar-refractivity contribution is 6.30. The fraction of sp³-hybridized carbons (Fsp3) is 0.444. The Balaban J connectivity index is 0.000000242. The van der Waals surface area contributed by atoms with Crippen molar-refractivity contribution in [3.8, 4) is 0 Å². The van der Waals surface area contributed by atoms with Gasteiger partial charge in [0.05, 0.1) is 5.69 Å². The Kier molecular flexibility index (Phi) is 15.6. The van der Waals surface area contributed by atoms with Crippen LogP contribution in [0.4, 0.5) is 16.2 Å². The minimum absolute atomic E-state index is 0.0294. The molecule has 1 aliphatic carbocycles. The number of rotatable bonds is 13. The van der Waals surface area contributed by atoms with Gasteiger partial charge >= 0.3 is 6.03 Å². The van der Waals surface area contributed by atoms with Crippen molar-refractivity contribution in [2.24, 2.45) is 0 Å². The molecule has 0 atom stereocenters. The van der Waals surface area contributed by atoms with Gasteiger partial charge in [0.15, 0.2) is 0 Å². The van der Waals surface area contributed by atoms with E-state index >= 15 is 0 Å². The lowest BCUT2D eigenvalue weighted by Gasteiger charge is -2.29. The van der Waals surface area contributed by atoms with Crippen molar-refractivity contribution in [1.29, 1.82) is 0 Å². The predicted molar refractivity (Wildman–Crippen MR) is 184 cm³/mol. The normalized spacial score (nSPS) is 12.8. The van der Waals surface area contributed by atoms with Crippen LogP contribution in [-0.4, -0.2) is 42.1 Å².